The van der Waals surface area contributed by atoms with Crippen molar-refractivity contribution in [1.82, 2.24) is 4.90 Å². The van der Waals surface area contributed by atoms with Crippen LogP contribution in [0.3, 0.4) is 0 Å². The van der Waals surface area contributed by atoms with Gasteiger partial charge in [-0.15, -0.1) is 0 Å². The molecule has 8 heteroatoms. The Bertz CT molecular complexity index is 945. The number of hydrogen-bond donors (Lipinski definition) is 1. The second-order valence-corrected chi connectivity index (χ2v) is 8.64. The van der Waals surface area contributed by atoms with Gasteiger partial charge in [0, 0.05) is 38.7 Å². The molecule has 166 valence electrons. The summed E-state index contributed by atoms with van der Waals surface area (Å²) in [5.41, 5.74) is 1.30. The Morgan fingerprint density at radius 2 is 1.74 bits per heavy atom. The third-order valence-corrected chi connectivity index (χ3v) is 6.62. The first-order valence-electron chi connectivity index (χ1n) is 10.6. The molecular weight excluding hydrogens is 439 g/mol. The van der Waals surface area contributed by atoms with E-state index in [0.717, 1.165) is 57.7 Å². The zero-order chi connectivity index (χ0) is 21.8. The number of nitrogens with zero attached hydrogens (tertiary/aromatic N) is 2. The van der Waals surface area contributed by atoms with Crippen molar-refractivity contribution in [2.45, 2.75) is 25.7 Å². The number of anilines is 1. The highest BCUT2D eigenvalue weighted by molar-refractivity contribution is 6.43. The molecule has 2 aliphatic heterocycles. The zero-order valence-corrected chi connectivity index (χ0v) is 18.8. The van der Waals surface area contributed by atoms with Crippen molar-refractivity contribution in [3.05, 3.63) is 45.9 Å². The summed E-state index contributed by atoms with van der Waals surface area (Å²) in [5, 5.41) is 11.3. The zero-order valence-electron chi connectivity index (χ0n) is 17.3. The monoisotopic (exact) mass is 464 g/mol. The number of phenols is 1. The lowest BCUT2D eigenvalue weighted by Gasteiger charge is -2.36. The summed E-state index contributed by atoms with van der Waals surface area (Å²) in [7, 11) is 0. The van der Waals surface area contributed by atoms with Crippen LogP contribution in [0.25, 0.3) is 0 Å². The van der Waals surface area contributed by atoms with E-state index < -0.39 is 0 Å². The number of piperazine rings is 1. The molecule has 0 aliphatic carbocycles. The molecule has 6 nitrogen and oxygen atoms in total. The number of Topliss-reactive ketones (excluding diaryl/α,β-unsaturated/α-hetero) is 1. The van der Waals surface area contributed by atoms with Crippen molar-refractivity contribution in [3.63, 3.8) is 0 Å². The molecule has 0 radical (unpaired) electrons. The van der Waals surface area contributed by atoms with Gasteiger partial charge in [-0.2, -0.15) is 0 Å². The Morgan fingerprint density at radius 1 is 1.00 bits per heavy atom. The van der Waals surface area contributed by atoms with Crippen molar-refractivity contribution < 1.29 is 19.4 Å². The number of carbonyl (C=O) groups excluding carboxylic acids is 1. The SMILES string of the molecule is O=C(CCCCCN1CCN(c2cccc(Cl)c2Cl)CC1)c1cc2c(cc1O)OCO2. The van der Waals surface area contributed by atoms with Crippen LogP contribution in [0.1, 0.15) is 36.0 Å². The lowest BCUT2D eigenvalue weighted by Crippen LogP contribution is -2.46. The van der Waals surface area contributed by atoms with Crippen LogP contribution in [-0.4, -0.2) is 55.3 Å². The molecule has 2 heterocycles. The van der Waals surface area contributed by atoms with Crippen molar-refractivity contribution in [2.75, 3.05) is 44.4 Å². The number of ether oxygens (including phenoxy) is 2. The number of halogens is 2. The number of fused-ring (bicyclic) bond motifs is 1. The van der Waals surface area contributed by atoms with Crippen LogP contribution >= 0.6 is 23.2 Å². The highest BCUT2D eigenvalue weighted by Crippen LogP contribution is 2.38. The van der Waals surface area contributed by atoms with Crippen LogP contribution in [0.5, 0.6) is 17.2 Å². The van der Waals surface area contributed by atoms with Crippen LogP contribution < -0.4 is 14.4 Å². The Kier molecular flexibility index (Phi) is 7.10. The summed E-state index contributed by atoms with van der Waals surface area (Å²) in [4.78, 5) is 17.2. The average molecular weight is 465 g/mol. The molecule has 0 aromatic heterocycles. The van der Waals surface area contributed by atoms with Crippen LogP contribution in [-0.2, 0) is 0 Å². The Balaban J connectivity index is 1.16. The summed E-state index contributed by atoms with van der Waals surface area (Å²) < 4.78 is 10.5. The molecule has 1 fully saturated rings. The van der Waals surface area contributed by atoms with Crippen molar-refractivity contribution in [3.8, 4) is 17.2 Å². The van der Waals surface area contributed by atoms with Gasteiger partial charge in [0.25, 0.3) is 0 Å². The van der Waals surface area contributed by atoms with E-state index in [0.29, 0.717) is 33.5 Å². The Hall–Kier alpha value is -2.15. The fraction of sp³-hybridized carbons (Fsp3) is 0.435. The molecular formula is C23H26Cl2N2O4. The predicted molar refractivity (Wildman–Crippen MR) is 122 cm³/mol. The van der Waals surface area contributed by atoms with Gasteiger partial charge in [-0.25, -0.2) is 0 Å². The molecule has 2 aromatic carbocycles. The standard InChI is InChI=1S/C23H26Cl2N2O4/c24-17-5-4-6-18(23(17)25)27-11-9-26(10-12-27)8-3-1-2-7-19(28)16-13-21-22(14-20(16)29)31-15-30-21/h4-6,13-14,29H,1-3,7-12,15H2. The van der Waals surface area contributed by atoms with E-state index in [2.05, 4.69) is 9.80 Å². The number of benzene rings is 2. The predicted octanol–water partition coefficient (Wildman–Crippen LogP) is 4.99. The largest absolute Gasteiger partial charge is 0.507 e. The Labute approximate surface area is 192 Å². The maximum Gasteiger partial charge on any atom is 0.231 e. The second kappa shape index (κ2) is 9.98. The maximum atomic E-state index is 12.5. The minimum absolute atomic E-state index is 0.0491. The molecule has 2 aromatic rings. The lowest BCUT2D eigenvalue weighted by molar-refractivity contribution is 0.0975. The number of aromatic hydroxyl groups is 1. The van der Waals surface area contributed by atoms with Crippen LogP contribution in [0.2, 0.25) is 10.0 Å². The van der Waals surface area contributed by atoms with E-state index in [1.807, 2.05) is 18.2 Å². The minimum atomic E-state index is -0.0668. The van der Waals surface area contributed by atoms with E-state index >= 15 is 0 Å². The highest BCUT2D eigenvalue weighted by atomic mass is 35.5. The van der Waals surface area contributed by atoms with E-state index in [1.54, 1.807) is 6.07 Å². The van der Waals surface area contributed by atoms with Gasteiger partial charge in [-0.1, -0.05) is 35.7 Å². The number of unbranched alkanes of at least 4 members (excludes halogenated alkanes) is 2. The number of rotatable bonds is 8. The molecule has 0 saturated carbocycles. The van der Waals surface area contributed by atoms with E-state index in [1.165, 1.54) is 6.07 Å². The number of carbonyl (C=O) groups is 1. The minimum Gasteiger partial charge on any atom is -0.507 e. The van der Waals surface area contributed by atoms with Gasteiger partial charge in [-0.3, -0.25) is 9.69 Å². The molecule has 31 heavy (non-hydrogen) atoms. The molecule has 1 saturated heterocycles. The number of ketones is 1. The first kappa shape index (κ1) is 22.1. The summed E-state index contributed by atoms with van der Waals surface area (Å²) in [5.74, 6) is 0.876. The fourth-order valence-electron chi connectivity index (χ4n) is 4.04. The number of phenolic OH excluding ortho intramolecular Hbond substituents is 1. The topological polar surface area (TPSA) is 62.2 Å². The third kappa shape index (κ3) is 5.20. The van der Waals surface area contributed by atoms with Gasteiger partial charge >= 0.3 is 0 Å². The maximum absolute atomic E-state index is 12.5. The Morgan fingerprint density at radius 3 is 2.52 bits per heavy atom. The molecule has 0 amide bonds. The van der Waals surface area contributed by atoms with Gasteiger partial charge in [0.1, 0.15) is 5.75 Å². The van der Waals surface area contributed by atoms with Crippen LogP contribution in [0, 0.1) is 0 Å². The summed E-state index contributed by atoms with van der Waals surface area (Å²) >= 11 is 12.5. The van der Waals surface area contributed by atoms with Crippen molar-refractivity contribution in [2.24, 2.45) is 0 Å². The average Bonchev–Trinajstić information content (AvgIpc) is 3.22. The van der Waals surface area contributed by atoms with E-state index in [9.17, 15) is 9.90 Å². The first-order valence-corrected chi connectivity index (χ1v) is 11.4. The molecule has 4 rings (SSSR count). The second-order valence-electron chi connectivity index (χ2n) is 7.86. The molecule has 0 unspecified atom stereocenters. The van der Waals surface area contributed by atoms with Gasteiger partial charge in [0.15, 0.2) is 17.3 Å². The van der Waals surface area contributed by atoms with Crippen LogP contribution in [0.15, 0.2) is 30.3 Å². The van der Waals surface area contributed by atoms with Gasteiger partial charge in [-0.05, 0) is 37.6 Å². The highest BCUT2D eigenvalue weighted by Gasteiger charge is 2.21. The summed E-state index contributed by atoms with van der Waals surface area (Å²) in [6.45, 7) is 4.93. The van der Waals surface area contributed by atoms with Crippen molar-refractivity contribution >= 4 is 34.7 Å². The smallest absolute Gasteiger partial charge is 0.231 e. The first-order chi connectivity index (χ1) is 15.0. The van der Waals surface area contributed by atoms with Gasteiger partial charge < -0.3 is 19.5 Å². The molecule has 0 bridgehead atoms. The summed E-state index contributed by atoms with van der Waals surface area (Å²) in [6.07, 6.45) is 3.22. The number of hydrogen-bond acceptors (Lipinski definition) is 6. The van der Waals surface area contributed by atoms with Gasteiger partial charge in [0.2, 0.25) is 6.79 Å². The van der Waals surface area contributed by atoms with Crippen molar-refractivity contribution in [1.29, 1.82) is 0 Å². The normalized spacial score (nSPS) is 16.0. The summed E-state index contributed by atoms with van der Waals surface area (Å²) in [6, 6.07) is 8.78. The van der Waals surface area contributed by atoms with E-state index in [4.69, 9.17) is 32.7 Å². The molecule has 1 N–H and O–H groups in total. The van der Waals surface area contributed by atoms with Gasteiger partial charge in [0.05, 0.1) is 21.3 Å². The lowest BCUT2D eigenvalue weighted by atomic mass is 10.0. The molecule has 2 aliphatic rings. The molecule has 0 spiro atoms. The third-order valence-electron chi connectivity index (χ3n) is 5.81. The van der Waals surface area contributed by atoms with E-state index in [-0.39, 0.29) is 18.3 Å². The quantitative estimate of drug-likeness (QED) is 0.438. The molecule has 0 atom stereocenters. The fourth-order valence-corrected chi connectivity index (χ4v) is 4.45. The van der Waals surface area contributed by atoms with Crippen LogP contribution in [0.4, 0.5) is 5.69 Å².